The summed E-state index contributed by atoms with van der Waals surface area (Å²) in [5.41, 5.74) is 2.75. The molecule has 0 amide bonds. The predicted molar refractivity (Wildman–Crippen MR) is 116 cm³/mol. The number of hydrogen-bond acceptors (Lipinski definition) is 4. The van der Waals surface area contributed by atoms with Gasteiger partial charge < -0.3 is 8.60 Å². The van der Waals surface area contributed by atoms with Gasteiger partial charge >= 0.3 is 10.4 Å². The molecule has 3 fully saturated rings. The average molecular weight is 437 g/mol. The summed E-state index contributed by atoms with van der Waals surface area (Å²) < 4.78 is 41.6. The summed E-state index contributed by atoms with van der Waals surface area (Å²) in [6.45, 7) is 7.34. The smallest absolute Gasteiger partial charge is 0.445 e. The normalized spacial score (nSPS) is 37.4. The number of allylic oxidation sites excluding steroid dienone is 1. The molecule has 0 bridgehead atoms. The maximum Gasteiger partial charge on any atom is 0.445 e. The molecule has 0 spiro atoms. The van der Waals surface area contributed by atoms with Gasteiger partial charge in [0, 0.05) is 0 Å². The molecule has 3 aliphatic carbocycles. The predicted octanol–water partition coefficient (Wildman–Crippen LogP) is 6.18. The van der Waals surface area contributed by atoms with E-state index in [-0.39, 0.29) is 11.3 Å². The molecule has 1 N–H and O–H groups in total. The first-order chi connectivity index (χ1) is 14.1. The van der Waals surface area contributed by atoms with Crippen LogP contribution < -0.4 is 0 Å². The van der Waals surface area contributed by atoms with Gasteiger partial charge in [-0.15, -0.1) is 0 Å². The lowest BCUT2D eigenvalue weighted by Crippen LogP contribution is -2.53. The van der Waals surface area contributed by atoms with Crippen molar-refractivity contribution in [2.75, 3.05) is 0 Å². The third-order valence-corrected chi connectivity index (χ3v) is 9.19. The van der Waals surface area contributed by atoms with Crippen LogP contribution in [0.5, 0.6) is 0 Å². The third-order valence-electron chi connectivity index (χ3n) is 8.85. The average Bonchev–Trinajstić information content (AvgIpc) is 3.17. The first kappa shape index (κ1) is 21.9. The monoisotopic (exact) mass is 436 g/mol. The molecule has 5 nitrogen and oxygen atoms in total. The Hall–Kier alpha value is -1.27. The Kier molecular flexibility index (Phi) is 5.86. The highest BCUT2D eigenvalue weighted by atomic mass is 32.3. The lowest BCUT2D eigenvalue weighted by atomic mass is 9.44. The quantitative estimate of drug-likeness (QED) is 0.440. The lowest BCUT2D eigenvalue weighted by Gasteiger charge is -2.61. The molecule has 1 aromatic rings. The molecule has 3 saturated carbocycles. The Morgan fingerprint density at radius 2 is 2.00 bits per heavy atom. The molecule has 4 rings (SSSR count). The zero-order chi connectivity index (χ0) is 21.6. The van der Waals surface area contributed by atoms with Crippen LogP contribution in [0.4, 0.5) is 0 Å². The molecule has 30 heavy (non-hydrogen) atoms. The first-order valence-corrected chi connectivity index (χ1v) is 12.8. The number of furan rings is 1. The minimum atomic E-state index is -4.48. The molecule has 0 aromatic carbocycles. The highest BCUT2D eigenvalue weighted by Gasteiger charge is 2.56. The van der Waals surface area contributed by atoms with E-state index in [4.69, 9.17) is 13.2 Å². The standard InChI is InChI=1S/C24H36O5S/c1-23(2)12-4-5-19-21(23)10-13-24(3)20(8-6-17-11-14-28-15-17)18(7-9-22(19)24)16-29-30(25,26)27/h11,14-16,19-22H,4-10,12-13H2,1-3H3,(H,25,26,27)/t19-,20-,21+,22-,24+/m0/s1. The van der Waals surface area contributed by atoms with Crippen molar-refractivity contribution in [2.45, 2.75) is 78.6 Å². The van der Waals surface area contributed by atoms with Crippen LogP contribution in [0.2, 0.25) is 0 Å². The van der Waals surface area contributed by atoms with E-state index in [9.17, 15) is 8.42 Å². The molecule has 3 aliphatic rings. The second kappa shape index (κ2) is 8.01. The third kappa shape index (κ3) is 4.22. The van der Waals surface area contributed by atoms with Crippen molar-refractivity contribution in [2.24, 2.45) is 34.5 Å². The molecule has 1 heterocycles. The topological polar surface area (TPSA) is 76.7 Å². The summed E-state index contributed by atoms with van der Waals surface area (Å²) >= 11 is 0. The van der Waals surface area contributed by atoms with Crippen LogP contribution in [0.15, 0.2) is 34.8 Å². The van der Waals surface area contributed by atoms with Gasteiger partial charge in [0.15, 0.2) is 0 Å². The highest BCUT2D eigenvalue weighted by molar-refractivity contribution is 7.81. The van der Waals surface area contributed by atoms with Gasteiger partial charge in [0.1, 0.15) is 6.26 Å². The van der Waals surface area contributed by atoms with Crippen molar-refractivity contribution in [3.8, 4) is 0 Å². The SMILES string of the molecule is CC1(C)CCC[C@H]2[C@H]1CC[C@]1(C)[C@@H](CCc3ccoc3)C(=COS(=O)(=O)O)CC[C@@H]21. The van der Waals surface area contributed by atoms with Crippen LogP contribution >= 0.6 is 0 Å². The van der Waals surface area contributed by atoms with E-state index in [1.54, 1.807) is 12.5 Å². The first-order valence-electron chi connectivity index (χ1n) is 11.5. The Balaban J connectivity index is 1.63. The molecule has 0 radical (unpaired) electrons. The Morgan fingerprint density at radius 3 is 2.70 bits per heavy atom. The van der Waals surface area contributed by atoms with E-state index >= 15 is 0 Å². The molecule has 0 saturated heterocycles. The number of rotatable bonds is 5. The van der Waals surface area contributed by atoms with E-state index in [0.717, 1.165) is 43.1 Å². The zero-order valence-electron chi connectivity index (χ0n) is 18.5. The van der Waals surface area contributed by atoms with Crippen molar-refractivity contribution >= 4 is 10.4 Å². The second-order valence-corrected chi connectivity index (χ2v) is 11.8. The zero-order valence-corrected chi connectivity index (χ0v) is 19.3. The van der Waals surface area contributed by atoms with E-state index in [0.29, 0.717) is 11.3 Å². The highest BCUT2D eigenvalue weighted by Crippen LogP contribution is 2.64. The summed E-state index contributed by atoms with van der Waals surface area (Å²) in [4.78, 5) is 0. The molecule has 168 valence electrons. The van der Waals surface area contributed by atoms with Gasteiger partial charge in [0.2, 0.25) is 0 Å². The number of fused-ring (bicyclic) bond motifs is 3. The van der Waals surface area contributed by atoms with Crippen molar-refractivity contribution in [1.29, 1.82) is 0 Å². The number of aryl methyl sites for hydroxylation is 1. The van der Waals surface area contributed by atoms with Crippen LogP contribution in [0.1, 0.15) is 77.7 Å². The van der Waals surface area contributed by atoms with Crippen molar-refractivity contribution in [1.82, 2.24) is 0 Å². The summed E-state index contributed by atoms with van der Waals surface area (Å²) in [6, 6.07) is 2.00. The van der Waals surface area contributed by atoms with Gasteiger partial charge in [0.05, 0.1) is 12.5 Å². The van der Waals surface area contributed by atoms with Crippen LogP contribution in [0.25, 0.3) is 0 Å². The van der Waals surface area contributed by atoms with E-state index in [2.05, 4.69) is 20.8 Å². The van der Waals surface area contributed by atoms with Crippen LogP contribution in [-0.2, 0) is 21.0 Å². The van der Waals surface area contributed by atoms with Crippen molar-refractivity contribution < 1.29 is 21.6 Å². The minimum Gasteiger partial charge on any atom is -0.472 e. The van der Waals surface area contributed by atoms with Crippen LogP contribution in [-0.4, -0.2) is 13.0 Å². The summed E-state index contributed by atoms with van der Waals surface area (Å²) in [5, 5.41) is 0. The molecule has 0 aliphatic heterocycles. The van der Waals surface area contributed by atoms with Gasteiger partial charge in [0.25, 0.3) is 0 Å². The Labute approximate surface area is 181 Å². The molecule has 0 unspecified atom stereocenters. The van der Waals surface area contributed by atoms with Gasteiger partial charge in [-0.2, -0.15) is 8.42 Å². The van der Waals surface area contributed by atoms with Gasteiger partial charge in [-0.3, -0.25) is 4.55 Å². The maximum atomic E-state index is 11.2. The molecule has 1 aromatic heterocycles. The van der Waals surface area contributed by atoms with Gasteiger partial charge in [-0.05, 0) is 103 Å². The van der Waals surface area contributed by atoms with E-state index < -0.39 is 10.4 Å². The molecule has 6 heteroatoms. The molecule has 5 atom stereocenters. The minimum absolute atomic E-state index is 0.130. The van der Waals surface area contributed by atoms with Crippen molar-refractivity contribution in [3.63, 3.8) is 0 Å². The largest absolute Gasteiger partial charge is 0.472 e. The second-order valence-electron chi connectivity index (χ2n) is 10.8. The van der Waals surface area contributed by atoms with Crippen LogP contribution in [0, 0.1) is 34.5 Å². The Morgan fingerprint density at radius 1 is 1.20 bits per heavy atom. The number of hydrogen-bond donors (Lipinski definition) is 1. The Bertz CT molecular complexity index is 869. The lowest BCUT2D eigenvalue weighted by molar-refractivity contribution is -0.0957. The van der Waals surface area contributed by atoms with Gasteiger partial charge in [-0.25, -0.2) is 0 Å². The molecular formula is C24H36O5S. The maximum absolute atomic E-state index is 11.2. The fourth-order valence-corrected chi connectivity index (χ4v) is 7.65. The fourth-order valence-electron chi connectivity index (χ4n) is 7.41. The summed E-state index contributed by atoms with van der Waals surface area (Å²) in [7, 11) is -4.48. The van der Waals surface area contributed by atoms with Gasteiger partial charge in [-0.1, -0.05) is 27.2 Å². The van der Waals surface area contributed by atoms with Crippen LogP contribution in [0.3, 0.4) is 0 Å². The van der Waals surface area contributed by atoms with E-state index in [1.165, 1.54) is 43.9 Å². The molecular weight excluding hydrogens is 400 g/mol. The fraction of sp³-hybridized carbons (Fsp3) is 0.750. The summed E-state index contributed by atoms with van der Waals surface area (Å²) in [6.07, 6.45) is 15.0. The van der Waals surface area contributed by atoms with E-state index in [1.807, 2.05) is 6.07 Å². The van der Waals surface area contributed by atoms with Crippen molar-refractivity contribution in [3.05, 3.63) is 36.0 Å². The summed E-state index contributed by atoms with van der Waals surface area (Å²) in [5.74, 6) is 2.46.